The van der Waals surface area contributed by atoms with Crippen LogP contribution in [0, 0.1) is 0 Å². The van der Waals surface area contributed by atoms with Gasteiger partial charge in [0.1, 0.15) is 22.5 Å². The highest BCUT2D eigenvalue weighted by atomic mass is 32.1. The summed E-state index contributed by atoms with van der Waals surface area (Å²) < 4.78 is 10.5. The highest BCUT2D eigenvalue weighted by Crippen LogP contribution is 2.30. The third kappa shape index (κ3) is 4.36. The van der Waals surface area contributed by atoms with Gasteiger partial charge in [-0.05, 0) is 37.1 Å². The van der Waals surface area contributed by atoms with Crippen LogP contribution in [-0.2, 0) is 4.79 Å². The number of ether oxygens (including phenoxy) is 2. The van der Waals surface area contributed by atoms with E-state index in [0.29, 0.717) is 34.4 Å². The van der Waals surface area contributed by atoms with Gasteiger partial charge >= 0.3 is 0 Å². The zero-order valence-corrected chi connectivity index (χ0v) is 18.0. The van der Waals surface area contributed by atoms with E-state index in [1.165, 1.54) is 18.4 Å². The van der Waals surface area contributed by atoms with E-state index in [2.05, 4.69) is 15.5 Å². The number of rotatable bonds is 6. The average Bonchev–Trinajstić information content (AvgIpc) is 3.48. The normalized spacial score (nSPS) is 15.5. The Hall–Kier alpha value is -3.46. The molecule has 3 aromatic rings. The van der Waals surface area contributed by atoms with Crippen LogP contribution >= 0.6 is 11.3 Å². The number of anilines is 1. The van der Waals surface area contributed by atoms with Gasteiger partial charge < -0.3 is 14.4 Å². The maximum atomic E-state index is 13.1. The van der Waals surface area contributed by atoms with Crippen molar-refractivity contribution in [1.29, 1.82) is 0 Å². The van der Waals surface area contributed by atoms with E-state index < -0.39 is 6.04 Å². The molecule has 4 rings (SSSR count). The monoisotopic (exact) mass is 438 g/mol. The molecule has 2 aromatic carbocycles. The van der Waals surface area contributed by atoms with Crippen LogP contribution < -0.4 is 14.8 Å². The van der Waals surface area contributed by atoms with Crippen molar-refractivity contribution in [2.45, 2.75) is 18.9 Å². The van der Waals surface area contributed by atoms with Crippen LogP contribution in [0.5, 0.6) is 11.5 Å². The molecule has 9 heteroatoms. The second kappa shape index (κ2) is 9.13. The molecule has 160 valence electrons. The third-order valence-electron chi connectivity index (χ3n) is 5.13. The van der Waals surface area contributed by atoms with Crippen molar-refractivity contribution >= 4 is 28.3 Å². The molecular weight excluding hydrogens is 416 g/mol. The van der Waals surface area contributed by atoms with E-state index >= 15 is 0 Å². The Labute approximate surface area is 183 Å². The van der Waals surface area contributed by atoms with Crippen molar-refractivity contribution in [2.75, 3.05) is 26.1 Å². The molecule has 1 saturated heterocycles. The number of aromatic nitrogens is 2. The van der Waals surface area contributed by atoms with Crippen molar-refractivity contribution in [3.05, 3.63) is 54.1 Å². The van der Waals surface area contributed by atoms with E-state index in [0.717, 1.165) is 17.7 Å². The number of carbonyl (C=O) groups excluding carboxylic acids is 2. The summed E-state index contributed by atoms with van der Waals surface area (Å²) in [5.74, 6) is 0.721. The summed E-state index contributed by atoms with van der Waals surface area (Å²) in [7, 11) is 3.13. The van der Waals surface area contributed by atoms with Crippen LogP contribution in [0.1, 0.15) is 23.2 Å². The zero-order chi connectivity index (χ0) is 21.8. The van der Waals surface area contributed by atoms with Gasteiger partial charge in [-0.3, -0.25) is 14.9 Å². The lowest BCUT2D eigenvalue weighted by molar-refractivity contribution is -0.119. The van der Waals surface area contributed by atoms with Crippen molar-refractivity contribution in [3.8, 4) is 22.1 Å². The van der Waals surface area contributed by atoms with Crippen LogP contribution in [0.15, 0.2) is 48.5 Å². The highest BCUT2D eigenvalue weighted by molar-refractivity contribution is 7.18. The average molecular weight is 439 g/mol. The van der Waals surface area contributed by atoms with Crippen LogP contribution in [0.2, 0.25) is 0 Å². The number of benzene rings is 2. The lowest BCUT2D eigenvalue weighted by Crippen LogP contribution is -2.43. The second-order valence-corrected chi connectivity index (χ2v) is 7.97. The first kappa shape index (κ1) is 20.8. The molecule has 1 N–H and O–H groups in total. The summed E-state index contributed by atoms with van der Waals surface area (Å²) in [6.07, 6.45) is 1.35. The largest absolute Gasteiger partial charge is 0.497 e. The number of likely N-dealkylation sites (tertiary alicyclic amines) is 1. The molecule has 1 atom stereocenters. The number of methoxy groups -OCH3 is 2. The van der Waals surface area contributed by atoms with Gasteiger partial charge in [-0.15, -0.1) is 10.2 Å². The molecular formula is C22H22N4O4S. The van der Waals surface area contributed by atoms with E-state index in [9.17, 15) is 9.59 Å². The highest BCUT2D eigenvalue weighted by Gasteiger charge is 2.35. The smallest absolute Gasteiger partial charge is 0.258 e. The minimum atomic E-state index is -0.568. The Balaban J connectivity index is 1.48. The zero-order valence-electron chi connectivity index (χ0n) is 17.2. The molecule has 2 amide bonds. The number of para-hydroxylation sites is 1. The fourth-order valence-corrected chi connectivity index (χ4v) is 4.34. The van der Waals surface area contributed by atoms with Crippen molar-refractivity contribution < 1.29 is 19.1 Å². The quantitative estimate of drug-likeness (QED) is 0.633. The summed E-state index contributed by atoms with van der Waals surface area (Å²) in [6.45, 7) is 0.514. The van der Waals surface area contributed by atoms with Crippen LogP contribution in [0.4, 0.5) is 5.13 Å². The minimum Gasteiger partial charge on any atom is -0.497 e. The molecule has 1 aromatic heterocycles. The summed E-state index contributed by atoms with van der Waals surface area (Å²) in [6, 6.07) is 13.9. The fourth-order valence-electron chi connectivity index (χ4n) is 3.59. The van der Waals surface area contributed by atoms with Crippen LogP contribution in [-0.4, -0.2) is 53.7 Å². The molecule has 0 spiro atoms. The molecule has 0 saturated carbocycles. The van der Waals surface area contributed by atoms with E-state index in [-0.39, 0.29) is 11.8 Å². The van der Waals surface area contributed by atoms with Crippen LogP contribution in [0.25, 0.3) is 10.6 Å². The maximum absolute atomic E-state index is 13.1. The van der Waals surface area contributed by atoms with E-state index in [1.54, 1.807) is 36.3 Å². The maximum Gasteiger partial charge on any atom is 0.258 e. The first-order valence-electron chi connectivity index (χ1n) is 9.83. The van der Waals surface area contributed by atoms with Gasteiger partial charge in [0.05, 0.1) is 19.8 Å². The van der Waals surface area contributed by atoms with Gasteiger partial charge in [0.25, 0.3) is 5.91 Å². The lowest BCUT2D eigenvalue weighted by Gasteiger charge is -2.24. The Morgan fingerprint density at radius 3 is 2.74 bits per heavy atom. The molecule has 1 aliphatic rings. The summed E-state index contributed by atoms with van der Waals surface area (Å²) in [5, 5.41) is 12.1. The molecule has 8 nitrogen and oxygen atoms in total. The van der Waals surface area contributed by atoms with Crippen LogP contribution in [0.3, 0.4) is 0 Å². The second-order valence-electron chi connectivity index (χ2n) is 6.99. The topological polar surface area (TPSA) is 93.7 Å². The molecule has 1 unspecified atom stereocenters. The number of hydrogen-bond acceptors (Lipinski definition) is 7. The van der Waals surface area contributed by atoms with Gasteiger partial charge in [-0.1, -0.05) is 35.6 Å². The van der Waals surface area contributed by atoms with E-state index in [1.807, 2.05) is 24.3 Å². The summed E-state index contributed by atoms with van der Waals surface area (Å²) in [5.41, 5.74) is 1.30. The van der Waals surface area contributed by atoms with Gasteiger partial charge in [0, 0.05) is 12.1 Å². The third-order valence-corrected chi connectivity index (χ3v) is 6.01. The number of nitrogens with one attached hydrogen (secondary N) is 1. The SMILES string of the molecule is COc1cccc(-c2nnc(NC(=O)C3CCCN3C(=O)c3ccccc3OC)s2)c1. The van der Waals surface area contributed by atoms with Gasteiger partial charge in [-0.2, -0.15) is 0 Å². The number of carbonyl (C=O) groups is 2. The van der Waals surface area contributed by atoms with Crippen molar-refractivity contribution in [1.82, 2.24) is 15.1 Å². The predicted octanol–water partition coefficient (Wildman–Crippen LogP) is 3.47. The molecule has 2 heterocycles. The predicted molar refractivity (Wildman–Crippen MR) is 118 cm³/mol. The standard InChI is InChI=1S/C22H22N4O4S/c1-29-15-8-5-7-14(13-15)20-24-25-22(31-20)23-19(27)17-10-6-12-26(17)21(28)16-9-3-4-11-18(16)30-2/h3-5,7-9,11,13,17H,6,10,12H2,1-2H3,(H,23,25,27). The van der Waals surface area contributed by atoms with Crippen molar-refractivity contribution in [2.24, 2.45) is 0 Å². The molecule has 1 aliphatic heterocycles. The Bertz CT molecular complexity index is 1100. The number of hydrogen-bond donors (Lipinski definition) is 1. The van der Waals surface area contributed by atoms with Crippen molar-refractivity contribution in [3.63, 3.8) is 0 Å². The first-order valence-corrected chi connectivity index (χ1v) is 10.6. The lowest BCUT2D eigenvalue weighted by atomic mass is 10.1. The molecule has 1 fully saturated rings. The Morgan fingerprint density at radius 2 is 1.94 bits per heavy atom. The summed E-state index contributed by atoms with van der Waals surface area (Å²) >= 11 is 1.27. The van der Waals surface area contributed by atoms with Gasteiger partial charge in [0.2, 0.25) is 11.0 Å². The Kier molecular flexibility index (Phi) is 6.13. The molecule has 0 bridgehead atoms. The Morgan fingerprint density at radius 1 is 1.10 bits per heavy atom. The van der Waals surface area contributed by atoms with Gasteiger partial charge in [0.15, 0.2) is 0 Å². The first-order chi connectivity index (χ1) is 15.1. The van der Waals surface area contributed by atoms with Gasteiger partial charge in [-0.25, -0.2) is 0 Å². The summed E-state index contributed by atoms with van der Waals surface area (Å²) in [4.78, 5) is 27.6. The molecule has 31 heavy (non-hydrogen) atoms. The van der Waals surface area contributed by atoms with E-state index in [4.69, 9.17) is 9.47 Å². The molecule has 0 radical (unpaired) electrons. The number of amides is 2. The minimum absolute atomic E-state index is 0.218. The number of nitrogens with zero attached hydrogens (tertiary/aromatic N) is 3. The fraction of sp³-hybridized carbons (Fsp3) is 0.273. The molecule has 0 aliphatic carbocycles.